The zero-order chi connectivity index (χ0) is 15.2. The Hall–Kier alpha value is -1.77. The maximum atomic E-state index is 9.45. The Morgan fingerprint density at radius 1 is 1.05 bits per heavy atom. The van der Waals surface area contributed by atoms with Crippen molar-refractivity contribution in [1.82, 2.24) is 5.32 Å². The highest BCUT2D eigenvalue weighted by Gasteiger charge is 2.13. The van der Waals surface area contributed by atoms with Gasteiger partial charge >= 0.3 is 0 Å². The van der Waals surface area contributed by atoms with Crippen LogP contribution >= 0.6 is 11.6 Å². The van der Waals surface area contributed by atoms with Gasteiger partial charge in [0, 0.05) is 11.6 Å². The van der Waals surface area contributed by atoms with E-state index in [1.165, 1.54) is 5.57 Å². The van der Waals surface area contributed by atoms with Gasteiger partial charge in [-0.3, -0.25) is 0 Å². The van der Waals surface area contributed by atoms with Gasteiger partial charge in [-0.2, -0.15) is 0 Å². The molecule has 0 saturated heterocycles. The lowest BCUT2D eigenvalue weighted by Crippen LogP contribution is -2.22. The second kappa shape index (κ2) is 7.30. The fraction of sp³-hybridized carbons (Fsp3) is 0.222. The van der Waals surface area contributed by atoms with E-state index in [0.717, 1.165) is 22.7 Å². The van der Waals surface area contributed by atoms with Gasteiger partial charge in [0.25, 0.3) is 0 Å². The summed E-state index contributed by atoms with van der Waals surface area (Å²) in [6.07, 6.45) is 2.16. The first-order chi connectivity index (χ1) is 10.1. The molecule has 2 aromatic carbocycles. The zero-order valence-electron chi connectivity index (χ0n) is 12.3. The SMILES string of the molecule is CC(C)=CCNC(c1ccc(O)cc1)c1ccc(Cl)cc1. The van der Waals surface area contributed by atoms with Crippen molar-refractivity contribution in [2.45, 2.75) is 19.9 Å². The molecule has 0 amide bonds. The molecule has 0 fully saturated rings. The normalized spacial score (nSPS) is 12.0. The predicted molar refractivity (Wildman–Crippen MR) is 88.8 cm³/mol. The average Bonchev–Trinajstić information content (AvgIpc) is 2.46. The standard InChI is InChI=1S/C18H20ClNO/c1-13(2)11-12-20-18(14-3-7-16(19)8-4-14)15-5-9-17(21)10-6-15/h3-11,18,20-21H,12H2,1-2H3. The van der Waals surface area contributed by atoms with Crippen LogP contribution < -0.4 is 5.32 Å². The van der Waals surface area contributed by atoms with Crippen molar-refractivity contribution in [3.8, 4) is 5.75 Å². The first kappa shape index (κ1) is 15.6. The number of allylic oxidation sites excluding steroid dienone is 1. The first-order valence-electron chi connectivity index (χ1n) is 6.97. The van der Waals surface area contributed by atoms with Crippen molar-refractivity contribution in [3.63, 3.8) is 0 Å². The molecule has 3 heteroatoms. The lowest BCUT2D eigenvalue weighted by atomic mass is 9.98. The maximum absolute atomic E-state index is 9.45. The second-order valence-corrected chi connectivity index (χ2v) is 5.70. The second-order valence-electron chi connectivity index (χ2n) is 5.27. The highest BCUT2D eigenvalue weighted by Crippen LogP contribution is 2.25. The van der Waals surface area contributed by atoms with E-state index in [0.29, 0.717) is 0 Å². The summed E-state index contributed by atoms with van der Waals surface area (Å²) in [5, 5.41) is 13.7. The van der Waals surface area contributed by atoms with Crippen LogP contribution in [0.25, 0.3) is 0 Å². The number of phenolic OH excluding ortho intramolecular Hbond substituents is 1. The van der Waals surface area contributed by atoms with Gasteiger partial charge in [0.1, 0.15) is 5.75 Å². The van der Waals surface area contributed by atoms with Crippen LogP contribution in [-0.4, -0.2) is 11.7 Å². The third-order valence-corrected chi connectivity index (χ3v) is 3.51. The van der Waals surface area contributed by atoms with Gasteiger partial charge < -0.3 is 10.4 Å². The van der Waals surface area contributed by atoms with Crippen molar-refractivity contribution in [2.75, 3.05) is 6.54 Å². The first-order valence-corrected chi connectivity index (χ1v) is 7.35. The highest BCUT2D eigenvalue weighted by molar-refractivity contribution is 6.30. The fourth-order valence-corrected chi connectivity index (χ4v) is 2.26. The Balaban J connectivity index is 2.27. The molecule has 0 spiro atoms. The van der Waals surface area contributed by atoms with Crippen LogP contribution in [0, 0.1) is 0 Å². The van der Waals surface area contributed by atoms with Crippen LogP contribution in [0.2, 0.25) is 5.02 Å². The summed E-state index contributed by atoms with van der Waals surface area (Å²) in [6.45, 7) is 4.95. The zero-order valence-corrected chi connectivity index (χ0v) is 13.1. The molecule has 0 aliphatic rings. The van der Waals surface area contributed by atoms with Crippen LogP contribution in [0.15, 0.2) is 60.2 Å². The van der Waals surface area contributed by atoms with Crippen LogP contribution in [-0.2, 0) is 0 Å². The van der Waals surface area contributed by atoms with Gasteiger partial charge in [-0.05, 0) is 49.2 Å². The Morgan fingerprint density at radius 3 is 2.10 bits per heavy atom. The molecule has 2 nitrogen and oxygen atoms in total. The highest BCUT2D eigenvalue weighted by atomic mass is 35.5. The van der Waals surface area contributed by atoms with Crippen LogP contribution in [0.1, 0.15) is 31.0 Å². The number of benzene rings is 2. The molecule has 1 unspecified atom stereocenters. The summed E-state index contributed by atoms with van der Waals surface area (Å²) < 4.78 is 0. The predicted octanol–water partition coefficient (Wildman–Crippen LogP) is 4.69. The molecule has 0 aromatic heterocycles. The molecule has 2 aromatic rings. The third-order valence-electron chi connectivity index (χ3n) is 3.26. The molecule has 1 atom stereocenters. The average molecular weight is 302 g/mol. The molecule has 0 radical (unpaired) electrons. The number of halogens is 1. The van der Waals surface area contributed by atoms with E-state index in [1.807, 2.05) is 36.4 Å². The molecule has 2 rings (SSSR count). The van der Waals surface area contributed by atoms with E-state index < -0.39 is 0 Å². The van der Waals surface area contributed by atoms with Gasteiger partial charge in [0.2, 0.25) is 0 Å². The number of rotatable bonds is 5. The molecular weight excluding hydrogens is 282 g/mol. The van der Waals surface area contributed by atoms with Crippen molar-refractivity contribution in [1.29, 1.82) is 0 Å². The van der Waals surface area contributed by atoms with Crippen molar-refractivity contribution in [2.24, 2.45) is 0 Å². The largest absolute Gasteiger partial charge is 0.508 e. The molecular formula is C18H20ClNO. The monoisotopic (exact) mass is 301 g/mol. The maximum Gasteiger partial charge on any atom is 0.115 e. The Morgan fingerprint density at radius 2 is 1.57 bits per heavy atom. The van der Waals surface area contributed by atoms with Gasteiger partial charge in [-0.25, -0.2) is 0 Å². The van der Waals surface area contributed by atoms with E-state index in [1.54, 1.807) is 12.1 Å². The Bertz CT molecular complexity index is 553. The molecule has 0 heterocycles. The van der Waals surface area contributed by atoms with E-state index in [9.17, 15) is 5.11 Å². The molecule has 0 aliphatic heterocycles. The van der Waals surface area contributed by atoms with Crippen molar-refractivity contribution < 1.29 is 5.11 Å². The molecule has 0 aliphatic carbocycles. The Labute approximate surface area is 131 Å². The lowest BCUT2D eigenvalue weighted by Gasteiger charge is -2.19. The molecule has 0 saturated carbocycles. The molecule has 0 bridgehead atoms. The van der Waals surface area contributed by atoms with Crippen molar-refractivity contribution in [3.05, 3.63) is 76.3 Å². The minimum absolute atomic E-state index is 0.0680. The summed E-state index contributed by atoms with van der Waals surface area (Å²) in [4.78, 5) is 0. The Kier molecular flexibility index (Phi) is 5.43. The number of hydrogen-bond acceptors (Lipinski definition) is 2. The van der Waals surface area contributed by atoms with Gasteiger partial charge in [0.15, 0.2) is 0 Å². The van der Waals surface area contributed by atoms with Gasteiger partial charge in [0.05, 0.1) is 6.04 Å². The van der Waals surface area contributed by atoms with E-state index in [-0.39, 0.29) is 11.8 Å². The minimum atomic E-state index is 0.0680. The van der Waals surface area contributed by atoms with Crippen LogP contribution in [0.5, 0.6) is 5.75 Å². The van der Waals surface area contributed by atoms with E-state index in [4.69, 9.17) is 11.6 Å². The smallest absolute Gasteiger partial charge is 0.115 e. The summed E-state index contributed by atoms with van der Waals surface area (Å²) >= 11 is 5.97. The summed E-state index contributed by atoms with van der Waals surface area (Å²) in [5.41, 5.74) is 3.53. The number of aromatic hydroxyl groups is 1. The van der Waals surface area contributed by atoms with Gasteiger partial charge in [-0.1, -0.05) is 47.5 Å². The number of nitrogens with one attached hydrogen (secondary N) is 1. The molecule has 2 N–H and O–H groups in total. The van der Waals surface area contributed by atoms with Crippen molar-refractivity contribution >= 4 is 11.6 Å². The lowest BCUT2D eigenvalue weighted by molar-refractivity contribution is 0.474. The fourth-order valence-electron chi connectivity index (χ4n) is 2.13. The summed E-state index contributed by atoms with van der Waals surface area (Å²) in [7, 11) is 0. The van der Waals surface area contributed by atoms with Crippen LogP contribution in [0.3, 0.4) is 0 Å². The van der Waals surface area contributed by atoms with Crippen LogP contribution in [0.4, 0.5) is 0 Å². The summed E-state index contributed by atoms with van der Waals surface area (Å²) in [5.74, 6) is 0.276. The minimum Gasteiger partial charge on any atom is -0.508 e. The van der Waals surface area contributed by atoms with E-state index in [2.05, 4.69) is 25.2 Å². The summed E-state index contributed by atoms with van der Waals surface area (Å²) in [6, 6.07) is 15.2. The van der Waals surface area contributed by atoms with E-state index >= 15 is 0 Å². The topological polar surface area (TPSA) is 32.3 Å². The molecule has 21 heavy (non-hydrogen) atoms. The number of hydrogen-bond donors (Lipinski definition) is 2. The van der Waals surface area contributed by atoms with Gasteiger partial charge in [-0.15, -0.1) is 0 Å². The third kappa shape index (κ3) is 4.62. The quantitative estimate of drug-likeness (QED) is 0.785. The molecule has 110 valence electrons. The number of phenols is 1.